The molecule has 0 atom stereocenters. The maximum absolute atomic E-state index is 12.5. The SMILES string of the molecule is Cc1cc(Cl)c(O)cc1F. The molecule has 1 nitrogen and oxygen atoms in total. The second kappa shape index (κ2) is 2.46. The first kappa shape index (κ1) is 7.35. The first-order valence-corrected chi connectivity index (χ1v) is 3.13. The van der Waals surface area contributed by atoms with E-state index in [9.17, 15) is 4.39 Å². The molecule has 10 heavy (non-hydrogen) atoms. The van der Waals surface area contributed by atoms with Crippen molar-refractivity contribution in [3.05, 3.63) is 28.5 Å². The van der Waals surface area contributed by atoms with Gasteiger partial charge in [-0.05, 0) is 18.6 Å². The van der Waals surface area contributed by atoms with Gasteiger partial charge in [-0.25, -0.2) is 4.39 Å². The Morgan fingerprint density at radius 1 is 1.50 bits per heavy atom. The van der Waals surface area contributed by atoms with E-state index in [0.717, 1.165) is 6.07 Å². The van der Waals surface area contributed by atoms with Gasteiger partial charge in [0.05, 0.1) is 5.02 Å². The number of hydrogen-bond acceptors (Lipinski definition) is 1. The number of phenolic OH excluding ortho intramolecular Hbond substituents is 1. The van der Waals surface area contributed by atoms with Crippen LogP contribution < -0.4 is 0 Å². The lowest BCUT2D eigenvalue weighted by Crippen LogP contribution is -1.80. The van der Waals surface area contributed by atoms with Gasteiger partial charge in [0.15, 0.2) is 0 Å². The predicted molar refractivity (Wildman–Crippen MR) is 37.8 cm³/mol. The molecule has 0 bridgehead atoms. The summed E-state index contributed by atoms with van der Waals surface area (Å²) in [5.41, 5.74) is 0.433. The molecule has 1 N–H and O–H groups in total. The molecule has 0 spiro atoms. The van der Waals surface area contributed by atoms with Crippen LogP contribution in [-0.2, 0) is 0 Å². The summed E-state index contributed by atoms with van der Waals surface area (Å²) < 4.78 is 12.5. The Kier molecular flexibility index (Phi) is 1.81. The third-order valence-electron chi connectivity index (χ3n) is 1.23. The van der Waals surface area contributed by atoms with Crippen molar-refractivity contribution in [2.45, 2.75) is 6.92 Å². The van der Waals surface area contributed by atoms with Crippen molar-refractivity contribution in [3.63, 3.8) is 0 Å². The first-order valence-electron chi connectivity index (χ1n) is 2.76. The van der Waals surface area contributed by atoms with Gasteiger partial charge in [0.25, 0.3) is 0 Å². The highest BCUT2D eigenvalue weighted by molar-refractivity contribution is 6.32. The van der Waals surface area contributed by atoms with Crippen LogP contribution in [0, 0.1) is 12.7 Å². The van der Waals surface area contributed by atoms with E-state index >= 15 is 0 Å². The standard InChI is InChI=1S/C7H6ClFO/c1-4-2-5(8)7(10)3-6(4)9/h2-3,10H,1H3. The quantitative estimate of drug-likeness (QED) is 0.618. The molecule has 0 saturated heterocycles. The molecular formula is C7H6ClFO. The Hall–Kier alpha value is -0.760. The van der Waals surface area contributed by atoms with Crippen LogP contribution in [0.25, 0.3) is 0 Å². The summed E-state index contributed by atoms with van der Waals surface area (Å²) in [5, 5.41) is 9.03. The van der Waals surface area contributed by atoms with Gasteiger partial charge in [0, 0.05) is 6.07 Å². The summed E-state index contributed by atoms with van der Waals surface area (Å²) in [7, 11) is 0. The number of aromatic hydroxyl groups is 1. The van der Waals surface area contributed by atoms with Crippen LogP contribution in [0.2, 0.25) is 5.02 Å². The summed E-state index contributed by atoms with van der Waals surface area (Å²) in [6, 6.07) is 2.38. The van der Waals surface area contributed by atoms with Gasteiger partial charge in [0.1, 0.15) is 11.6 Å². The molecule has 1 rings (SSSR count). The molecule has 0 aliphatic carbocycles. The Bertz CT molecular complexity index is 210. The van der Waals surface area contributed by atoms with E-state index in [1.54, 1.807) is 6.92 Å². The van der Waals surface area contributed by atoms with Crippen molar-refractivity contribution in [1.82, 2.24) is 0 Å². The van der Waals surface area contributed by atoms with Crippen molar-refractivity contribution >= 4 is 11.6 Å². The van der Waals surface area contributed by atoms with Gasteiger partial charge >= 0.3 is 0 Å². The van der Waals surface area contributed by atoms with Crippen LogP contribution in [0.4, 0.5) is 4.39 Å². The molecule has 0 fully saturated rings. The van der Waals surface area contributed by atoms with E-state index in [1.165, 1.54) is 6.07 Å². The van der Waals surface area contributed by atoms with Crippen molar-refractivity contribution < 1.29 is 9.50 Å². The number of halogens is 2. The summed E-state index contributed by atoms with van der Waals surface area (Å²) in [6.45, 7) is 1.58. The van der Waals surface area contributed by atoms with Crippen LogP contribution in [0.1, 0.15) is 5.56 Å². The maximum atomic E-state index is 12.5. The average molecular weight is 161 g/mol. The molecule has 0 aliphatic heterocycles. The zero-order valence-electron chi connectivity index (χ0n) is 5.36. The predicted octanol–water partition coefficient (Wildman–Crippen LogP) is 2.49. The topological polar surface area (TPSA) is 20.2 Å². The third kappa shape index (κ3) is 1.21. The number of phenols is 1. The van der Waals surface area contributed by atoms with Crippen molar-refractivity contribution in [1.29, 1.82) is 0 Å². The highest BCUT2D eigenvalue weighted by Crippen LogP contribution is 2.25. The number of aryl methyl sites for hydroxylation is 1. The Morgan fingerprint density at radius 2 is 2.10 bits per heavy atom. The maximum Gasteiger partial charge on any atom is 0.137 e. The molecule has 0 unspecified atom stereocenters. The van der Waals surface area contributed by atoms with Gasteiger partial charge in [-0.2, -0.15) is 0 Å². The van der Waals surface area contributed by atoms with E-state index in [1.807, 2.05) is 0 Å². The highest BCUT2D eigenvalue weighted by Gasteiger charge is 2.02. The van der Waals surface area contributed by atoms with Crippen LogP contribution in [-0.4, -0.2) is 5.11 Å². The smallest absolute Gasteiger partial charge is 0.137 e. The lowest BCUT2D eigenvalue weighted by molar-refractivity contribution is 0.468. The summed E-state index contributed by atoms with van der Waals surface area (Å²) >= 11 is 5.47. The van der Waals surface area contributed by atoms with E-state index in [-0.39, 0.29) is 10.8 Å². The van der Waals surface area contributed by atoms with Crippen molar-refractivity contribution in [2.75, 3.05) is 0 Å². The van der Waals surface area contributed by atoms with Crippen LogP contribution in [0.15, 0.2) is 12.1 Å². The largest absolute Gasteiger partial charge is 0.506 e. The van der Waals surface area contributed by atoms with Crippen LogP contribution in [0.5, 0.6) is 5.75 Å². The van der Waals surface area contributed by atoms with Gasteiger partial charge in [-0.3, -0.25) is 0 Å². The zero-order chi connectivity index (χ0) is 7.72. The molecule has 54 valence electrons. The van der Waals surface area contributed by atoms with E-state index in [0.29, 0.717) is 5.56 Å². The molecule has 0 aliphatic rings. The Balaban J connectivity index is 3.28. The Morgan fingerprint density at radius 3 is 2.60 bits per heavy atom. The monoisotopic (exact) mass is 160 g/mol. The number of hydrogen-bond donors (Lipinski definition) is 1. The number of benzene rings is 1. The normalized spacial score (nSPS) is 9.90. The lowest BCUT2D eigenvalue weighted by atomic mass is 10.2. The Labute approximate surface area is 63.1 Å². The molecular weight excluding hydrogens is 155 g/mol. The molecule has 0 heterocycles. The number of rotatable bonds is 0. The fraction of sp³-hybridized carbons (Fsp3) is 0.143. The molecule has 0 amide bonds. The summed E-state index contributed by atoms with van der Waals surface area (Å²) in [5.74, 6) is -0.660. The molecule has 1 aromatic rings. The van der Waals surface area contributed by atoms with E-state index in [2.05, 4.69) is 0 Å². The van der Waals surface area contributed by atoms with Crippen LogP contribution in [0.3, 0.4) is 0 Å². The second-order valence-electron chi connectivity index (χ2n) is 2.05. The van der Waals surface area contributed by atoms with Gasteiger partial charge in [-0.15, -0.1) is 0 Å². The van der Waals surface area contributed by atoms with Crippen molar-refractivity contribution in [3.8, 4) is 5.75 Å². The van der Waals surface area contributed by atoms with Crippen molar-refractivity contribution in [2.24, 2.45) is 0 Å². The van der Waals surface area contributed by atoms with Gasteiger partial charge < -0.3 is 5.11 Å². The molecule has 3 heteroatoms. The fourth-order valence-corrected chi connectivity index (χ4v) is 0.854. The van der Waals surface area contributed by atoms with E-state index in [4.69, 9.17) is 16.7 Å². The molecule has 0 aromatic heterocycles. The van der Waals surface area contributed by atoms with E-state index < -0.39 is 5.82 Å². The van der Waals surface area contributed by atoms with Gasteiger partial charge in [0.2, 0.25) is 0 Å². The molecule has 0 radical (unpaired) electrons. The molecule has 0 saturated carbocycles. The molecule has 1 aromatic carbocycles. The lowest BCUT2D eigenvalue weighted by Gasteiger charge is -1.98. The van der Waals surface area contributed by atoms with Crippen LogP contribution >= 0.6 is 11.6 Å². The fourth-order valence-electron chi connectivity index (χ4n) is 0.636. The van der Waals surface area contributed by atoms with Gasteiger partial charge in [-0.1, -0.05) is 11.6 Å². The minimum absolute atomic E-state index is 0.180. The summed E-state index contributed by atoms with van der Waals surface area (Å²) in [6.07, 6.45) is 0. The third-order valence-corrected chi connectivity index (χ3v) is 1.53. The minimum Gasteiger partial charge on any atom is -0.506 e. The zero-order valence-corrected chi connectivity index (χ0v) is 6.11. The summed E-state index contributed by atoms with van der Waals surface area (Å²) in [4.78, 5) is 0. The first-order chi connectivity index (χ1) is 4.61. The minimum atomic E-state index is -0.443. The second-order valence-corrected chi connectivity index (χ2v) is 2.46. The highest BCUT2D eigenvalue weighted by atomic mass is 35.5. The average Bonchev–Trinajstić information content (AvgIpc) is 1.84.